The molecule has 9 heteroatoms. The standard InChI is InChI=1S/C19H20FN3O4S/c1-12-10-17(12)19(25)21-11-18(24)22-14-4-6-15(7-5-14)23-28(26,27)16-8-2-13(20)3-9-16/h2-9,12,17,23H,10-11H2,1H3,(H,21,25)(H,22,24). The molecule has 2 aromatic carbocycles. The molecule has 1 fully saturated rings. The molecule has 0 spiro atoms. The molecule has 1 saturated carbocycles. The zero-order valence-electron chi connectivity index (χ0n) is 15.1. The van der Waals surface area contributed by atoms with Crippen molar-refractivity contribution in [3.63, 3.8) is 0 Å². The van der Waals surface area contributed by atoms with Crippen molar-refractivity contribution in [2.45, 2.75) is 18.2 Å². The van der Waals surface area contributed by atoms with Gasteiger partial charge in [-0.15, -0.1) is 0 Å². The summed E-state index contributed by atoms with van der Waals surface area (Å²) < 4.78 is 39.8. The van der Waals surface area contributed by atoms with Gasteiger partial charge in [0.2, 0.25) is 11.8 Å². The van der Waals surface area contributed by atoms with Crippen LogP contribution in [0.15, 0.2) is 53.4 Å². The Balaban J connectivity index is 1.53. The van der Waals surface area contributed by atoms with E-state index in [1.165, 1.54) is 36.4 Å². The maximum absolute atomic E-state index is 12.9. The molecule has 0 saturated heterocycles. The zero-order valence-corrected chi connectivity index (χ0v) is 15.9. The highest BCUT2D eigenvalue weighted by molar-refractivity contribution is 7.92. The second-order valence-corrected chi connectivity index (χ2v) is 8.40. The third-order valence-electron chi connectivity index (χ3n) is 4.41. The van der Waals surface area contributed by atoms with Crippen molar-refractivity contribution < 1.29 is 22.4 Å². The van der Waals surface area contributed by atoms with E-state index in [0.29, 0.717) is 17.3 Å². The molecular weight excluding hydrogens is 385 g/mol. The summed E-state index contributed by atoms with van der Waals surface area (Å²) >= 11 is 0. The SMILES string of the molecule is CC1CC1C(=O)NCC(=O)Nc1ccc(NS(=O)(=O)c2ccc(F)cc2)cc1. The Hall–Kier alpha value is -2.94. The summed E-state index contributed by atoms with van der Waals surface area (Å²) in [4.78, 5) is 23.5. The van der Waals surface area contributed by atoms with Crippen molar-refractivity contribution in [2.75, 3.05) is 16.6 Å². The fourth-order valence-electron chi connectivity index (χ4n) is 2.64. The minimum atomic E-state index is -3.84. The third kappa shape index (κ3) is 5.07. The van der Waals surface area contributed by atoms with Gasteiger partial charge in [-0.25, -0.2) is 12.8 Å². The lowest BCUT2D eigenvalue weighted by molar-refractivity contribution is -0.125. The van der Waals surface area contributed by atoms with Gasteiger partial charge in [0, 0.05) is 17.3 Å². The molecule has 1 aliphatic rings. The van der Waals surface area contributed by atoms with Gasteiger partial charge in [-0.2, -0.15) is 0 Å². The number of halogens is 1. The van der Waals surface area contributed by atoms with E-state index < -0.39 is 15.8 Å². The second kappa shape index (κ2) is 7.97. The molecule has 2 unspecified atom stereocenters. The quantitative estimate of drug-likeness (QED) is 0.658. The van der Waals surface area contributed by atoms with Crippen LogP contribution in [0, 0.1) is 17.7 Å². The molecule has 0 aliphatic heterocycles. The van der Waals surface area contributed by atoms with E-state index in [4.69, 9.17) is 0 Å². The first kappa shape index (κ1) is 19.8. The highest BCUT2D eigenvalue weighted by atomic mass is 32.2. The van der Waals surface area contributed by atoms with Crippen LogP contribution in [0.5, 0.6) is 0 Å². The summed E-state index contributed by atoms with van der Waals surface area (Å²) in [7, 11) is -3.84. The number of hydrogen-bond donors (Lipinski definition) is 3. The molecule has 0 bridgehead atoms. The Morgan fingerprint density at radius 2 is 1.61 bits per heavy atom. The lowest BCUT2D eigenvalue weighted by atomic mass is 10.3. The van der Waals surface area contributed by atoms with E-state index in [9.17, 15) is 22.4 Å². The monoisotopic (exact) mass is 405 g/mol. The van der Waals surface area contributed by atoms with E-state index in [-0.39, 0.29) is 29.2 Å². The maximum atomic E-state index is 12.9. The molecule has 2 aromatic rings. The summed E-state index contributed by atoms with van der Waals surface area (Å²) in [6.45, 7) is 1.86. The molecule has 3 N–H and O–H groups in total. The normalized spacial score (nSPS) is 18.2. The van der Waals surface area contributed by atoms with Gasteiger partial charge in [0.25, 0.3) is 10.0 Å². The molecule has 7 nitrogen and oxygen atoms in total. The van der Waals surface area contributed by atoms with Crippen molar-refractivity contribution in [2.24, 2.45) is 11.8 Å². The van der Waals surface area contributed by atoms with Crippen molar-refractivity contribution >= 4 is 33.2 Å². The number of benzene rings is 2. The number of carbonyl (C=O) groups is 2. The fourth-order valence-corrected chi connectivity index (χ4v) is 3.70. The summed E-state index contributed by atoms with van der Waals surface area (Å²) in [6, 6.07) is 10.5. The van der Waals surface area contributed by atoms with E-state index in [1.54, 1.807) is 0 Å². The first-order valence-electron chi connectivity index (χ1n) is 8.70. The minimum Gasteiger partial charge on any atom is -0.347 e. The number of anilines is 2. The minimum absolute atomic E-state index is 0.00112. The Morgan fingerprint density at radius 1 is 1.04 bits per heavy atom. The third-order valence-corrected chi connectivity index (χ3v) is 5.81. The van der Waals surface area contributed by atoms with Crippen LogP contribution in [-0.2, 0) is 19.6 Å². The summed E-state index contributed by atoms with van der Waals surface area (Å²) in [5.74, 6) is -0.646. The van der Waals surface area contributed by atoms with Gasteiger partial charge in [-0.3, -0.25) is 14.3 Å². The van der Waals surface area contributed by atoms with Gasteiger partial charge < -0.3 is 10.6 Å². The van der Waals surface area contributed by atoms with E-state index in [1.807, 2.05) is 6.92 Å². The molecule has 2 amide bonds. The average molecular weight is 405 g/mol. The number of rotatable bonds is 7. The van der Waals surface area contributed by atoms with Crippen LogP contribution >= 0.6 is 0 Å². The zero-order chi connectivity index (χ0) is 20.3. The number of nitrogens with one attached hydrogen (secondary N) is 3. The van der Waals surface area contributed by atoms with Crippen molar-refractivity contribution in [3.8, 4) is 0 Å². The van der Waals surface area contributed by atoms with Crippen LogP contribution in [0.2, 0.25) is 0 Å². The summed E-state index contributed by atoms with van der Waals surface area (Å²) in [5.41, 5.74) is 0.752. The van der Waals surface area contributed by atoms with Gasteiger partial charge in [0.15, 0.2) is 0 Å². The first-order valence-corrected chi connectivity index (χ1v) is 10.2. The fraction of sp³-hybridized carbons (Fsp3) is 0.263. The lowest BCUT2D eigenvalue weighted by Crippen LogP contribution is -2.34. The Kier molecular flexibility index (Phi) is 5.64. The van der Waals surface area contributed by atoms with Crippen LogP contribution in [0.4, 0.5) is 15.8 Å². The Bertz CT molecular complexity index is 975. The summed E-state index contributed by atoms with van der Waals surface area (Å²) in [5, 5.41) is 5.21. The second-order valence-electron chi connectivity index (χ2n) is 6.72. The van der Waals surface area contributed by atoms with Gasteiger partial charge in [0.1, 0.15) is 5.82 Å². The topological polar surface area (TPSA) is 104 Å². The molecule has 0 aromatic heterocycles. The van der Waals surface area contributed by atoms with Crippen LogP contribution in [0.25, 0.3) is 0 Å². The molecule has 28 heavy (non-hydrogen) atoms. The number of sulfonamides is 1. The highest BCUT2D eigenvalue weighted by Gasteiger charge is 2.38. The number of amides is 2. The van der Waals surface area contributed by atoms with Crippen LogP contribution in [0.3, 0.4) is 0 Å². The molecule has 0 heterocycles. The van der Waals surface area contributed by atoms with E-state index in [0.717, 1.165) is 18.6 Å². The van der Waals surface area contributed by atoms with Gasteiger partial charge >= 0.3 is 0 Å². The smallest absolute Gasteiger partial charge is 0.261 e. The van der Waals surface area contributed by atoms with Crippen LogP contribution in [-0.4, -0.2) is 26.8 Å². The molecule has 2 atom stereocenters. The lowest BCUT2D eigenvalue weighted by Gasteiger charge is -2.10. The van der Waals surface area contributed by atoms with Crippen LogP contribution in [0.1, 0.15) is 13.3 Å². The van der Waals surface area contributed by atoms with E-state index in [2.05, 4.69) is 15.4 Å². The van der Waals surface area contributed by atoms with Gasteiger partial charge in [-0.1, -0.05) is 6.92 Å². The molecule has 148 valence electrons. The highest BCUT2D eigenvalue weighted by Crippen LogP contribution is 2.37. The van der Waals surface area contributed by atoms with Gasteiger partial charge in [-0.05, 0) is 60.9 Å². The predicted octanol–water partition coefficient (Wildman–Crippen LogP) is 2.34. The Morgan fingerprint density at radius 3 is 2.18 bits per heavy atom. The average Bonchev–Trinajstić information content (AvgIpc) is 3.38. The van der Waals surface area contributed by atoms with Crippen molar-refractivity contribution in [1.29, 1.82) is 0 Å². The van der Waals surface area contributed by atoms with E-state index >= 15 is 0 Å². The molecule has 0 radical (unpaired) electrons. The van der Waals surface area contributed by atoms with Crippen molar-refractivity contribution in [1.82, 2.24) is 5.32 Å². The predicted molar refractivity (Wildman–Crippen MR) is 103 cm³/mol. The summed E-state index contributed by atoms with van der Waals surface area (Å²) in [6.07, 6.45) is 0.850. The number of hydrogen-bond acceptors (Lipinski definition) is 4. The number of carbonyl (C=O) groups excluding carboxylic acids is 2. The van der Waals surface area contributed by atoms with Crippen molar-refractivity contribution in [3.05, 3.63) is 54.3 Å². The largest absolute Gasteiger partial charge is 0.347 e. The van der Waals surface area contributed by atoms with Crippen LogP contribution < -0.4 is 15.4 Å². The Labute approximate surface area is 162 Å². The molecule has 1 aliphatic carbocycles. The van der Waals surface area contributed by atoms with Gasteiger partial charge in [0.05, 0.1) is 11.4 Å². The maximum Gasteiger partial charge on any atom is 0.261 e. The molecular formula is C19H20FN3O4S. The first-order chi connectivity index (χ1) is 13.2. The molecule has 3 rings (SSSR count).